The predicted octanol–water partition coefficient (Wildman–Crippen LogP) is 5.41. The number of hydrogen-bond acceptors (Lipinski definition) is 5. The van der Waals surface area contributed by atoms with Gasteiger partial charge in [0.15, 0.2) is 0 Å². The Bertz CT molecular complexity index is 1730. The number of nitrogens with two attached hydrogens (primary N) is 1. The lowest BCUT2D eigenvalue weighted by molar-refractivity contribution is -0.122. The molecule has 2 amide bonds. The molecule has 4 N–H and O–H groups in total. The number of aromatic nitrogens is 3. The molecule has 2 atom stereocenters. The highest BCUT2D eigenvalue weighted by molar-refractivity contribution is 5.94. The summed E-state index contributed by atoms with van der Waals surface area (Å²) in [7, 11) is 0. The van der Waals surface area contributed by atoms with E-state index in [1.165, 1.54) is 41.2 Å². The maximum absolute atomic E-state index is 14.3. The largest absolute Gasteiger partial charge is 0.508 e. The number of phenols is 1. The number of aromatic hydroxyl groups is 1. The predicted molar refractivity (Wildman–Crippen MR) is 146 cm³/mol. The highest BCUT2D eigenvalue weighted by Crippen LogP contribution is 2.43. The number of pyridine rings is 1. The van der Waals surface area contributed by atoms with Gasteiger partial charge in [-0.1, -0.05) is 19.1 Å². The fraction of sp³-hybridized carbons (Fsp3) is 0.200. The fourth-order valence-electron chi connectivity index (χ4n) is 5.21. The van der Waals surface area contributed by atoms with Gasteiger partial charge in [0.2, 0.25) is 5.91 Å². The second-order valence-corrected chi connectivity index (χ2v) is 10.3. The summed E-state index contributed by atoms with van der Waals surface area (Å²) in [5.74, 6) is -3.56. The van der Waals surface area contributed by atoms with Crippen molar-refractivity contribution in [3.8, 4) is 16.9 Å². The molecule has 0 unspecified atom stereocenters. The zero-order chi connectivity index (χ0) is 29.3. The Balaban J connectivity index is 1.53. The minimum Gasteiger partial charge on any atom is -0.508 e. The van der Waals surface area contributed by atoms with Crippen molar-refractivity contribution >= 4 is 22.7 Å². The molecule has 8 nitrogen and oxygen atoms in total. The Morgan fingerprint density at radius 1 is 1.17 bits per heavy atom. The van der Waals surface area contributed by atoms with Crippen LogP contribution in [-0.4, -0.2) is 31.7 Å². The monoisotopic (exact) mass is 561 g/mol. The molecular weight excluding hydrogens is 535 g/mol. The van der Waals surface area contributed by atoms with Crippen LogP contribution in [-0.2, 0) is 11.3 Å². The molecule has 2 aromatic carbocycles. The third-order valence-electron chi connectivity index (χ3n) is 6.99. The first-order valence-corrected chi connectivity index (χ1v) is 12.7. The molecule has 210 valence electrons. The molecule has 2 aromatic heterocycles. The number of primary amides is 1. The van der Waals surface area contributed by atoms with E-state index in [0.29, 0.717) is 22.3 Å². The van der Waals surface area contributed by atoms with Crippen LogP contribution in [0.3, 0.4) is 0 Å². The van der Waals surface area contributed by atoms with Crippen LogP contribution in [0, 0.1) is 11.2 Å². The van der Waals surface area contributed by atoms with Crippen molar-refractivity contribution in [2.75, 3.05) is 0 Å². The van der Waals surface area contributed by atoms with E-state index >= 15 is 0 Å². The van der Waals surface area contributed by atoms with Gasteiger partial charge in [-0.05, 0) is 53.8 Å². The van der Waals surface area contributed by atoms with Crippen molar-refractivity contribution in [2.24, 2.45) is 11.1 Å². The molecule has 0 radical (unpaired) electrons. The van der Waals surface area contributed by atoms with Crippen molar-refractivity contribution in [1.82, 2.24) is 20.1 Å². The zero-order valence-electron chi connectivity index (χ0n) is 21.9. The van der Waals surface area contributed by atoms with Gasteiger partial charge in [-0.25, -0.2) is 13.2 Å². The molecule has 2 heterocycles. The number of halogens is 3. The smallest absolute Gasteiger partial charge is 0.251 e. The van der Waals surface area contributed by atoms with E-state index in [-0.39, 0.29) is 30.7 Å². The second kappa shape index (κ2) is 10.9. The molecule has 1 aliphatic carbocycles. The summed E-state index contributed by atoms with van der Waals surface area (Å²) in [6.07, 6.45) is 5.16. The van der Waals surface area contributed by atoms with Crippen LogP contribution in [0.25, 0.3) is 22.0 Å². The van der Waals surface area contributed by atoms with Gasteiger partial charge in [-0.3, -0.25) is 19.3 Å². The summed E-state index contributed by atoms with van der Waals surface area (Å²) in [5.41, 5.74) is 5.77. The van der Waals surface area contributed by atoms with E-state index in [9.17, 15) is 27.9 Å². The molecule has 0 fully saturated rings. The maximum atomic E-state index is 14.3. The normalized spacial score (nSPS) is 17.6. The SMILES string of the molecule is C[C@@]1(C[C@H](NC(=O)Cn2ncc3ccc(O)cc32)c2ncccc2-c2ccc(F)c(C(N)=O)c2)C=C(F)C=C(F)C1. The van der Waals surface area contributed by atoms with E-state index in [4.69, 9.17) is 5.73 Å². The van der Waals surface area contributed by atoms with Crippen LogP contribution in [0.4, 0.5) is 13.2 Å². The van der Waals surface area contributed by atoms with E-state index in [1.807, 2.05) is 0 Å². The van der Waals surface area contributed by atoms with Gasteiger partial charge in [-0.2, -0.15) is 5.10 Å². The summed E-state index contributed by atoms with van der Waals surface area (Å²) >= 11 is 0. The topological polar surface area (TPSA) is 123 Å². The molecule has 4 aromatic rings. The number of carbonyl (C=O) groups is 2. The Labute approximate surface area is 233 Å². The summed E-state index contributed by atoms with van der Waals surface area (Å²) in [6, 6.07) is 11.0. The highest BCUT2D eigenvalue weighted by atomic mass is 19.1. The molecule has 11 heteroatoms. The van der Waals surface area contributed by atoms with Gasteiger partial charge in [0.25, 0.3) is 5.91 Å². The molecule has 0 aliphatic heterocycles. The number of benzene rings is 2. The number of phenolic OH excluding ortho intramolecular Hbond substituents is 1. The highest BCUT2D eigenvalue weighted by Gasteiger charge is 2.34. The van der Waals surface area contributed by atoms with Gasteiger partial charge in [0, 0.05) is 35.7 Å². The van der Waals surface area contributed by atoms with Gasteiger partial charge in [0.05, 0.1) is 29.0 Å². The number of rotatable bonds is 8. The fourth-order valence-corrected chi connectivity index (χ4v) is 5.21. The van der Waals surface area contributed by atoms with E-state index in [2.05, 4.69) is 15.4 Å². The quantitative estimate of drug-likeness (QED) is 0.266. The lowest BCUT2D eigenvalue weighted by Crippen LogP contribution is -2.35. The van der Waals surface area contributed by atoms with Crippen LogP contribution in [0.1, 0.15) is 41.9 Å². The third-order valence-corrected chi connectivity index (χ3v) is 6.99. The minimum absolute atomic E-state index is 0.0133. The van der Waals surface area contributed by atoms with Crippen molar-refractivity contribution < 1.29 is 27.9 Å². The van der Waals surface area contributed by atoms with Gasteiger partial charge < -0.3 is 16.2 Å². The van der Waals surface area contributed by atoms with Crippen molar-refractivity contribution in [3.05, 3.63) is 102 Å². The lowest BCUT2D eigenvalue weighted by atomic mass is 9.76. The molecule has 0 saturated carbocycles. The molecule has 1 aliphatic rings. The molecular formula is C30H26F3N5O3. The summed E-state index contributed by atoms with van der Waals surface area (Å²) in [6.45, 7) is 1.46. The number of amides is 2. The first-order chi connectivity index (χ1) is 19.5. The maximum Gasteiger partial charge on any atom is 0.251 e. The average Bonchev–Trinajstić information content (AvgIpc) is 3.29. The van der Waals surface area contributed by atoms with E-state index in [1.54, 1.807) is 31.3 Å². The molecule has 0 saturated heterocycles. The molecule has 41 heavy (non-hydrogen) atoms. The average molecular weight is 562 g/mol. The number of fused-ring (bicyclic) bond motifs is 1. The molecule has 0 spiro atoms. The Morgan fingerprint density at radius 2 is 1.98 bits per heavy atom. The van der Waals surface area contributed by atoms with Crippen LogP contribution >= 0.6 is 0 Å². The first kappa shape index (κ1) is 27.6. The summed E-state index contributed by atoms with van der Waals surface area (Å²) in [4.78, 5) is 29.7. The minimum atomic E-state index is -1.03. The van der Waals surface area contributed by atoms with Crippen LogP contribution < -0.4 is 11.1 Å². The number of nitrogens with one attached hydrogen (secondary N) is 1. The van der Waals surface area contributed by atoms with Crippen LogP contribution in [0.15, 0.2) is 84.7 Å². The lowest BCUT2D eigenvalue weighted by Gasteiger charge is -2.33. The van der Waals surface area contributed by atoms with Gasteiger partial charge in [-0.15, -0.1) is 0 Å². The Hall–Kier alpha value is -4.93. The molecule has 0 bridgehead atoms. The number of allylic oxidation sites excluding steroid dienone is 4. The number of hydrogen-bond donors (Lipinski definition) is 3. The second-order valence-electron chi connectivity index (χ2n) is 10.3. The van der Waals surface area contributed by atoms with E-state index in [0.717, 1.165) is 17.5 Å². The Morgan fingerprint density at radius 3 is 2.73 bits per heavy atom. The van der Waals surface area contributed by atoms with Gasteiger partial charge >= 0.3 is 0 Å². The number of nitrogens with zero attached hydrogens (tertiary/aromatic N) is 3. The standard InChI is InChI=1S/C30H26F3N5O3/c1-30(12-19(31)10-20(32)13-30)14-25(37-27(40)16-38-26-11-21(39)6-4-18(26)15-36-38)28-22(3-2-8-35-28)17-5-7-24(33)23(9-17)29(34)41/h2-12,15,25,39H,13-14,16H2,1H3,(H2,34,41)(H,37,40)/t25-,30+/m0/s1. The number of carbonyl (C=O) groups excluding carboxylic acids is 2. The summed E-state index contributed by atoms with van der Waals surface area (Å²) < 4.78 is 44.3. The van der Waals surface area contributed by atoms with Gasteiger partial charge in [0.1, 0.15) is 29.8 Å². The van der Waals surface area contributed by atoms with E-state index < -0.39 is 40.7 Å². The molecule has 5 rings (SSSR count). The first-order valence-electron chi connectivity index (χ1n) is 12.7. The summed E-state index contributed by atoms with van der Waals surface area (Å²) in [5, 5.41) is 17.8. The van der Waals surface area contributed by atoms with Crippen LogP contribution in [0.2, 0.25) is 0 Å². The van der Waals surface area contributed by atoms with Crippen molar-refractivity contribution in [1.29, 1.82) is 0 Å². The Kier molecular flexibility index (Phi) is 7.36. The third kappa shape index (κ3) is 5.98. The van der Waals surface area contributed by atoms with Crippen LogP contribution in [0.5, 0.6) is 5.75 Å². The zero-order valence-corrected chi connectivity index (χ0v) is 21.9. The van der Waals surface area contributed by atoms with Crippen molar-refractivity contribution in [3.63, 3.8) is 0 Å². The van der Waals surface area contributed by atoms with Crippen molar-refractivity contribution in [2.45, 2.75) is 32.4 Å².